The molecule has 0 radical (unpaired) electrons. The number of fused-ring (bicyclic) bond motifs is 16. The van der Waals surface area contributed by atoms with E-state index in [0.29, 0.717) is 79.9 Å². The number of anilines is 5. The largest absolute Gasteiger partial charge is 0.369 e. The van der Waals surface area contributed by atoms with Crippen molar-refractivity contribution in [3.63, 3.8) is 0 Å². The molecule has 8 saturated carbocycles. The number of ketones is 4. The Hall–Kier alpha value is -10.1. The third-order valence-electron chi connectivity index (χ3n) is 36.8. The lowest BCUT2D eigenvalue weighted by molar-refractivity contribution is -0.131. The van der Waals surface area contributed by atoms with Crippen LogP contribution in [0.1, 0.15) is 372 Å². The monoisotopic (exact) mass is 1970 g/mol. The highest BCUT2D eigenvalue weighted by molar-refractivity contribution is 6.03. The molecule has 25 rings (SSSR count). The van der Waals surface area contributed by atoms with Crippen molar-refractivity contribution in [1.82, 2.24) is 88.0 Å². The first-order chi connectivity index (χ1) is 71.1. The molecule has 28 heteroatoms. The smallest absolute Gasteiger partial charge is 0.224 e. The second-order valence-corrected chi connectivity index (χ2v) is 45.1. The van der Waals surface area contributed by atoms with Gasteiger partial charge in [0.1, 0.15) is 22.6 Å². The van der Waals surface area contributed by atoms with E-state index < -0.39 is 0 Å². The fourth-order valence-corrected chi connectivity index (χ4v) is 28.7. The molecule has 15 heterocycles. The van der Waals surface area contributed by atoms with Crippen LogP contribution in [0.4, 0.5) is 29.5 Å². The SMILES string of the molecule is CC.CC.CC(=O)N1CCN(C2CCC(Nc3ncc4cc5n(c4n3)C3(CCCCC3)CCC5=O)CC2)CC1.CCN1CCN(C2CCC(Nc3ncc4cc5n(c4n3)C3(CCCCC3)CCC5=O)CC2)CC1.O=C1CCC2(CCCCC2)n2c1cc1cnc(NC3CCC(N4CCN(c5ccccc5)CC4)CC3)nc12.O=C1CCC2(CCCCC2)n2c1cc1cnc(NC3CCC(NCc4ccccc4)CC3)nc12. The molecule has 28 nitrogen and oxygen atoms in total. The number of piperazine rings is 3. The number of nitrogens with one attached hydrogen (secondary N) is 5. The Morgan fingerprint density at radius 3 is 0.903 bits per heavy atom. The summed E-state index contributed by atoms with van der Waals surface area (Å²) in [4.78, 5) is 117. The molecular weight excluding hydrogens is 1810 g/mol. The minimum Gasteiger partial charge on any atom is -0.369 e. The van der Waals surface area contributed by atoms with Gasteiger partial charge in [-0.1, -0.05) is 160 Å². The van der Waals surface area contributed by atoms with E-state index >= 15 is 0 Å². The number of carbonyl (C=O) groups excluding carboxylic acids is 5. The van der Waals surface area contributed by atoms with Crippen LogP contribution in [0.2, 0.25) is 0 Å². The van der Waals surface area contributed by atoms with E-state index in [2.05, 4.69) is 157 Å². The minimum atomic E-state index is 0.0549. The quantitative estimate of drug-likeness (QED) is 0.0601. The Kier molecular flexibility index (Phi) is 32.6. The number of rotatable bonds is 16. The Balaban J connectivity index is 0.000000116. The Morgan fingerprint density at radius 1 is 0.331 bits per heavy atom. The molecular formula is C117H165N23O5. The van der Waals surface area contributed by atoms with Crippen LogP contribution >= 0.6 is 0 Å². The second-order valence-electron chi connectivity index (χ2n) is 45.1. The van der Waals surface area contributed by atoms with Gasteiger partial charge in [0.2, 0.25) is 29.7 Å². The Labute approximate surface area is 859 Å². The number of hydrogen-bond donors (Lipinski definition) is 5. The number of aromatic nitrogens is 12. The van der Waals surface area contributed by atoms with E-state index in [1.54, 1.807) is 6.92 Å². The molecule has 11 fully saturated rings. The first-order valence-electron chi connectivity index (χ1n) is 57.6. The van der Waals surface area contributed by atoms with Crippen LogP contribution in [0.3, 0.4) is 0 Å². The van der Waals surface area contributed by atoms with Crippen molar-refractivity contribution in [2.24, 2.45) is 0 Å². The molecule has 2 aromatic carbocycles. The van der Waals surface area contributed by atoms with Gasteiger partial charge in [-0.05, 0) is 228 Å². The van der Waals surface area contributed by atoms with Crippen molar-refractivity contribution in [3.05, 3.63) is 138 Å². The molecule has 15 aliphatic rings. The summed E-state index contributed by atoms with van der Waals surface area (Å²) in [5, 5.41) is 22.3. The highest BCUT2D eigenvalue weighted by Crippen LogP contribution is 2.51. The highest BCUT2D eigenvalue weighted by atomic mass is 16.2. The first kappa shape index (κ1) is 102. The zero-order valence-corrected chi connectivity index (χ0v) is 88.1. The van der Waals surface area contributed by atoms with Gasteiger partial charge in [0, 0.05) is 240 Å². The molecule has 0 unspecified atom stereocenters. The average Bonchev–Trinajstić information content (AvgIpc) is 1.60. The molecule has 0 atom stereocenters. The summed E-state index contributed by atoms with van der Waals surface area (Å²) in [7, 11) is 0. The van der Waals surface area contributed by atoms with Gasteiger partial charge in [-0.2, -0.15) is 19.9 Å². The van der Waals surface area contributed by atoms with Crippen LogP contribution in [0, 0.1) is 0 Å². The van der Waals surface area contributed by atoms with Crippen molar-refractivity contribution < 1.29 is 24.0 Å². The van der Waals surface area contributed by atoms with E-state index in [0.717, 1.165) is 272 Å². The van der Waals surface area contributed by atoms with Gasteiger partial charge in [-0.15, -0.1) is 0 Å². The van der Waals surface area contributed by atoms with Crippen LogP contribution in [-0.4, -0.2) is 245 Å². The number of amides is 1. The maximum absolute atomic E-state index is 12.8. The number of nitrogens with zero attached hydrogens (tertiary/aromatic N) is 18. The fraction of sp³-hybridized carbons (Fsp3) is 0.650. The number of benzene rings is 2. The number of para-hydroxylation sites is 1. The number of likely N-dealkylation sites (N-methyl/N-ethyl adjacent to an activating group) is 1. The Morgan fingerprint density at radius 2 is 0.607 bits per heavy atom. The molecule has 0 bridgehead atoms. The molecule has 1 amide bonds. The van der Waals surface area contributed by atoms with Gasteiger partial charge in [0.15, 0.2) is 23.1 Å². The van der Waals surface area contributed by atoms with Crippen molar-refractivity contribution >= 4 is 103 Å². The van der Waals surface area contributed by atoms with Crippen LogP contribution in [0.25, 0.3) is 44.1 Å². The topological polar surface area (TPSA) is 288 Å². The Bertz CT molecular complexity index is 6020. The third-order valence-corrected chi connectivity index (χ3v) is 36.8. The predicted octanol–water partition coefficient (Wildman–Crippen LogP) is 21.6. The molecule has 3 saturated heterocycles. The summed E-state index contributed by atoms with van der Waals surface area (Å²) in [5.41, 5.74) is 10.2. The molecule has 8 aliphatic carbocycles. The molecule has 8 aromatic heterocycles. The fourth-order valence-electron chi connectivity index (χ4n) is 28.7. The normalized spacial score (nSPS) is 25.8. The van der Waals surface area contributed by atoms with Crippen molar-refractivity contribution in [2.45, 2.75) is 401 Å². The van der Waals surface area contributed by atoms with Gasteiger partial charge in [-0.25, -0.2) is 19.9 Å². The zero-order valence-electron chi connectivity index (χ0n) is 88.1. The average molecular weight is 1970 g/mol. The second kappa shape index (κ2) is 46.3. The third kappa shape index (κ3) is 22.3. The van der Waals surface area contributed by atoms with Gasteiger partial charge in [0.25, 0.3) is 0 Å². The summed E-state index contributed by atoms with van der Waals surface area (Å²) in [6.45, 7) is 27.1. The van der Waals surface area contributed by atoms with Crippen LogP contribution in [0.15, 0.2) is 110 Å². The number of carbonyl (C=O) groups is 5. The summed E-state index contributed by atoms with van der Waals surface area (Å²) in [5.74, 6) is 4.08. The molecule has 778 valence electrons. The van der Waals surface area contributed by atoms with Crippen molar-refractivity contribution in [3.8, 4) is 0 Å². The lowest BCUT2D eigenvalue weighted by Gasteiger charge is -2.43. The lowest BCUT2D eigenvalue weighted by Crippen LogP contribution is -2.52. The zero-order chi connectivity index (χ0) is 99.6. The molecule has 4 spiro atoms. The molecule has 5 N–H and O–H groups in total. The van der Waals surface area contributed by atoms with Gasteiger partial charge < -0.3 is 59.6 Å². The van der Waals surface area contributed by atoms with Crippen molar-refractivity contribution in [2.75, 3.05) is 111 Å². The van der Waals surface area contributed by atoms with Gasteiger partial charge in [0.05, 0.1) is 22.8 Å². The van der Waals surface area contributed by atoms with E-state index in [9.17, 15) is 24.0 Å². The molecule has 10 aromatic rings. The maximum atomic E-state index is 12.8. The number of Topliss-reactive ketones (excluding diaryl/α,β-unsaturated/α-hetero) is 4. The minimum absolute atomic E-state index is 0.0549. The van der Waals surface area contributed by atoms with Crippen LogP contribution < -0.4 is 31.5 Å². The van der Waals surface area contributed by atoms with Crippen LogP contribution in [0.5, 0.6) is 0 Å². The summed E-state index contributed by atoms with van der Waals surface area (Å²) < 4.78 is 9.27. The van der Waals surface area contributed by atoms with Gasteiger partial charge >= 0.3 is 0 Å². The van der Waals surface area contributed by atoms with E-state index in [4.69, 9.17) is 19.9 Å². The van der Waals surface area contributed by atoms with Crippen molar-refractivity contribution in [1.29, 1.82) is 0 Å². The maximum Gasteiger partial charge on any atom is 0.224 e. The summed E-state index contributed by atoms with van der Waals surface area (Å²) in [6, 6.07) is 33.8. The summed E-state index contributed by atoms with van der Waals surface area (Å²) in [6.07, 6.45) is 57.2. The molecule has 145 heavy (non-hydrogen) atoms. The highest BCUT2D eigenvalue weighted by Gasteiger charge is 2.48. The van der Waals surface area contributed by atoms with E-state index in [1.807, 2.05) is 81.6 Å². The first-order valence-corrected chi connectivity index (χ1v) is 57.6. The predicted molar refractivity (Wildman–Crippen MR) is 581 cm³/mol. The number of hydrogen-bond acceptors (Lipinski definition) is 23. The summed E-state index contributed by atoms with van der Waals surface area (Å²) >= 11 is 0. The molecule has 7 aliphatic heterocycles. The van der Waals surface area contributed by atoms with E-state index in [1.165, 1.54) is 172 Å². The van der Waals surface area contributed by atoms with E-state index in [-0.39, 0.29) is 51.2 Å². The standard InChI is InChI=1S/C31H40N6O.C28H35N5O.C27H38N6O2.C27H40N6O.2C2H6/c38-28-13-16-31(14-5-2-6-15-31)37-27(28)21-23-22-32-30(34-29(23)37)33-24-9-11-26(12-10-24)36-19-17-35(18-20-36)25-7-3-1-4-8-25;34-25-13-16-28(14-5-2-6-15-28)33-24(25)17-21-19-30-27(32-26(21)33)31-23-11-9-22(10-12-23)29-18-20-7-3-1-4-8-20;1-19(34)31-13-15-32(16-14-31)22-7-5-21(6-8-22)29-26-28-18-20-17-23-24(35)9-12-27(10-3-2-4-11-27)33(23)25(20)30-26;1-2-31-14-16-32(17-15-31)22-8-6-21(7-9-22)29-26-28-19-20-18-23-24(34)10-13-27(11-4-3-5-12-27)33(23)25(20)30-26;2*1-2/h1,3-4,7-8,21-22,24,26H,2,5-6,9-20H2,(H,32,33,34);1,3-4,7-8,17,19,22-23,29H,2,5-6,9-16,18H2,(H,30,31,32);17-18,21-22H,2-16H2,1H3,(H,28,29,30);18-19,21-22H,2-17H2,1H3,(H,28,29,30);2*1-2H3. The van der Waals surface area contributed by atoms with Gasteiger partial charge in [-0.3, -0.25) is 38.7 Å². The lowest BCUT2D eigenvalue weighted by atomic mass is 9.75. The van der Waals surface area contributed by atoms with Crippen LogP contribution in [-0.2, 0) is 33.5 Å².